The van der Waals surface area contributed by atoms with Crippen molar-refractivity contribution in [2.45, 2.75) is 6.61 Å². The Morgan fingerprint density at radius 2 is 1.74 bits per heavy atom. The van der Waals surface area contributed by atoms with Crippen LogP contribution in [-0.2, 0) is 11.3 Å². The molecule has 0 unspecified atom stereocenters. The van der Waals surface area contributed by atoms with Gasteiger partial charge in [0.2, 0.25) is 0 Å². The zero-order valence-electron chi connectivity index (χ0n) is 11.2. The fourth-order valence-electron chi connectivity index (χ4n) is 1.95. The Kier molecular flexibility index (Phi) is 4.76. The summed E-state index contributed by atoms with van der Waals surface area (Å²) >= 11 is 0. The summed E-state index contributed by atoms with van der Waals surface area (Å²) in [6, 6.07) is 18.4. The third kappa shape index (κ3) is 3.70. The van der Waals surface area contributed by atoms with E-state index < -0.39 is 0 Å². The Balaban J connectivity index is 2.01. The van der Waals surface area contributed by atoms with Crippen molar-refractivity contribution in [2.24, 2.45) is 0 Å². The van der Waals surface area contributed by atoms with Crippen molar-refractivity contribution in [1.29, 1.82) is 0 Å². The van der Waals surface area contributed by atoms with Crippen LogP contribution in [0.1, 0.15) is 11.1 Å². The third-order valence-electron chi connectivity index (χ3n) is 2.99. The summed E-state index contributed by atoms with van der Waals surface area (Å²) in [6.45, 7) is 5.46. The van der Waals surface area contributed by atoms with Gasteiger partial charge in [0.1, 0.15) is 0 Å². The van der Waals surface area contributed by atoms with Gasteiger partial charge in [-0.1, -0.05) is 55.1 Å². The Bertz CT molecular complexity index is 534. The first-order chi connectivity index (χ1) is 9.31. The molecule has 2 aromatic rings. The van der Waals surface area contributed by atoms with Crippen molar-refractivity contribution >= 4 is 11.3 Å². The van der Waals surface area contributed by atoms with Crippen LogP contribution in [0.5, 0.6) is 0 Å². The van der Waals surface area contributed by atoms with Crippen molar-refractivity contribution in [3.8, 4) is 0 Å². The highest BCUT2D eigenvalue weighted by Gasteiger charge is 2.02. The average Bonchev–Trinajstić information content (AvgIpc) is 2.47. The molecule has 0 aliphatic heterocycles. The maximum atomic E-state index is 5.20. The minimum Gasteiger partial charge on any atom is -0.381 e. The lowest BCUT2D eigenvalue weighted by atomic mass is 10.1. The summed E-state index contributed by atoms with van der Waals surface area (Å²) in [4.78, 5) is 0. The van der Waals surface area contributed by atoms with Gasteiger partial charge in [0.25, 0.3) is 0 Å². The molecule has 0 saturated carbocycles. The standard InChI is InChI=1S/C17H19NO/c1-14(15-8-4-3-5-9-15)12-18-17-11-7-6-10-16(17)13-19-2/h3-11,18H,1,12-13H2,2H3. The summed E-state index contributed by atoms with van der Waals surface area (Å²) in [5.74, 6) is 0. The molecule has 0 amide bonds. The van der Waals surface area contributed by atoms with Gasteiger partial charge >= 0.3 is 0 Å². The molecule has 2 nitrogen and oxygen atoms in total. The van der Waals surface area contributed by atoms with E-state index in [1.165, 1.54) is 5.56 Å². The molecular formula is C17H19NO. The number of anilines is 1. The molecule has 0 aliphatic rings. The Morgan fingerprint density at radius 1 is 1.05 bits per heavy atom. The number of rotatable bonds is 6. The quantitative estimate of drug-likeness (QED) is 0.841. The van der Waals surface area contributed by atoms with Crippen molar-refractivity contribution in [1.82, 2.24) is 0 Å². The van der Waals surface area contributed by atoms with Crippen LogP contribution in [0, 0.1) is 0 Å². The first kappa shape index (κ1) is 13.4. The number of para-hydroxylation sites is 1. The summed E-state index contributed by atoms with van der Waals surface area (Å²) in [5.41, 5.74) is 4.50. The van der Waals surface area contributed by atoms with Crippen LogP contribution in [0.2, 0.25) is 0 Å². The van der Waals surface area contributed by atoms with Gasteiger partial charge in [-0.05, 0) is 17.2 Å². The number of hydrogen-bond donors (Lipinski definition) is 1. The van der Waals surface area contributed by atoms with E-state index in [0.29, 0.717) is 6.61 Å². The fraction of sp³-hybridized carbons (Fsp3) is 0.176. The first-order valence-corrected chi connectivity index (χ1v) is 6.35. The molecule has 2 heteroatoms. The Hall–Kier alpha value is -2.06. The lowest BCUT2D eigenvalue weighted by molar-refractivity contribution is 0.185. The van der Waals surface area contributed by atoms with Crippen molar-refractivity contribution < 1.29 is 4.74 Å². The minimum absolute atomic E-state index is 0.612. The lowest BCUT2D eigenvalue weighted by Gasteiger charge is -2.13. The summed E-state index contributed by atoms with van der Waals surface area (Å²) in [6.07, 6.45) is 0. The van der Waals surface area contributed by atoms with E-state index in [4.69, 9.17) is 4.74 Å². The maximum Gasteiger partial charge on any atom is 0.0733 e. The second-order valence-electron chi connectivity index (χ2n) is 4.41. The monoisotopic (exact) mass is 253 g/mol. The molecular weight excluding hydrogens is 234 g/mol. The fourth-order valence-corrected chi connectivity index (χ4v) is 1.95. The second kappa shape index (κ2) is 6.76. The molecule has 0 radical (unpaired) electrons. The van der Waals surface area contributed by atoms with Crippen molar-refractivity contribution in [3.05, 3.63) is 72.3 Å². The number of hydrogen-bond acceptors (Lipinski definition) is 2. The predicted octanol–water partition coefficient (Wildman–Crippen LogP) is 3.96. The van der Waals surface area contributed by atoms with E-state index in [0.717, 1.165) is 23.4 Å². The van der Waals surface area contributed by atoms with Gasteiger partial charge in [-0.2, -0.15) is 0 Å². The minimum atomic E-state index is 0.612. The predicted molar refractivity (Wildman–Crippen MR) is 81.1 cm³/mol. The average molecular weight is 253 g/mol. The highest BCUT2D eigenvalue weighted by Crippen LogP contribution is 2.18. The van der Waals surface area contributed by atoms with Crippen molar-refractivity contribution in [3.63, 3.8) is 0 Å². The topological polar surface area (TPSA) is 21.3 Å². The molecule has 0 spiro atoms. The smallest absolute Gasteiger partial charge is 0.0733 e. The van der Waals surface area contributed by atoms with Gasteiger partial charge in [-0.15, -0.1) is 0 Å². The zero-order valence-corrected chi connectivity index (χ0v) is 11.2. The first-order valence-electron chi connectivity index (χ1n) is 6.35. The molecule has 2 rings (SSSR count). The third-order valence-corrected chi connectivity index (χ3v) is 2.99. The highest BCUT2D eigenvalue weighted by atomic mass is 16.5. The number of methoxy groups -OCH3 is 1. The molecule has 98 valence electrons. The highest BCUT2D eigenvalue weighted by molar-refractivity contribution is 5.68. The zero-order chi connectivity index (χ0) is 13.5. The normalized spacial score (nSPS) is 10.2. The van der Waals surface area contributed by atoms with Crippen LogP contribution in [0.3, 0.4) is 0 Å². The molecule has 0 bridgehead atoms. The van der Waals surface area contributed by atoms with Gasteiger partial charge in [-0.3, -0.25) is 0 Å². The summed E-state index contributed by atoms with van der Waals surface area (Å²) in [5, 5.41) is 3.42. The van der Waals surface area contributed by atoms with Gasteiger partial charge in [0.15, 0.2) is 0 Å². The van der Waals surface area contributed by atoms with Gasteiger partial charge < -0.3 is 10.1 Å². The van der Waals surface area contributed by atoms with Gasteiger partial charge in [0.05, 0.1) is 6.61 Å². The molecule has 2 aromatic carbocycles. The van der Waals surface area contributed by atoms with Crippen LogP contribution in [0.4, 0.5) is 5.69 Å². The van der Waals surface area contributed by atoms with E-state index in [9.17, 15) is 0 Å². The summed E-state index contributed by atoms with van der Waals surface area (Å²) in [7, 11) is 1.71. The SMILES string of the molecule is C=C(CNc1ccccc1COC)c1ccccc1. The van der Waals surface area contributed by atoms with E-state index in [1.807, 2.05) is 30.3 Å². The van der Waals surface area contributed by atoms with Crippen LogP contribution < -0.4 is 5.32 Å². The van der Waals surface area contributed by atoms with E-state index in [2.05, 4.69) is 36.2 Å². The van der Waals surface area contributed by atoms with Crippen LogP contribution in [0.15, 0.2) is 61.2 Å². The largest absolute Gasteiger partial charge is 0.381 e. The Labute approximate surface area is 114 Å². The molecule has 1 N–H and O–H groups in total. The summed E-state index contributed by atoms with van der Waals surface area (Å²) < 4.78 is 5.20. The number of ether oxygens (including phenoxy) is 1. The number of nitrogens with one attached hydrogen (secondary N) is 1. The van der Waals surface area contributed by atoms with Crippen LogP contribution in [-0.4, -0.2) is 13.7 Å². The van der Waals surface area contributed by atoms with E-state index in [1.54, 1.807) is 7.11 Å². The molecule has 0 saturated heterocycles. The maximum absolute atomic E-state index is 5.20. The Morgan fingerprint density at radius 3 is 2.47 bits per heavy atom. The molecule has 0 heterocycles. The van der Waals surface area contributed by atoms with Crippen molar-refractivity contribution in [2.75, 3.05) is 19.0 Å². The van der Waals surface area contributed by atoms with E-state index >= 15 is 0 Å². The van der Waals surface area contributed by atoms with Gasteiger partial charge in [0, 0.05) is 24.9 Å². The lowest BCUT2D eigenvalue weighted by Crippen LogP contribution is -2.06. The van der Waals surface area contributed by atoms with Crippen LogP contribution >= 0.6 is 0 Å². The van der Waals surface area contributed by atoms with Gasteiger partial charge in [-0.25, -0.2) is 0 Å². The van der Waals surface area contributed by atoms with Crippen LogP contribution in [0.25, 0.3) is 5.57 Å². The van der Waals surface area contributed by atoms with E-state index in [-0.39, 0.29) is 0 Å². The molecule has 0 aromatic heterocycles. The molecule has 0 atom stereocenters. The molecule has 19 heavy (non-hydrogen) atoms. The molecule has 0 fully saturated rings. The second-order valence-corrected chi connectivity index (χ2v) is 4.41. The molecule has 0 aliphatic carbocycles. The number of benzene rings is 2.